The Morgan fingerprint density at radius 1 is 0.435 bits per heavy atom. The van der Waals surface area contributed by atoms with Crippen molar-refractivity contribution in [3.63, 3.8) is 0 Å². The number of nitrogens with zero attached hydrogens (tertiary/aromatic N) is 1. The van der Waals surface area contributed by atoms with E-state index in [1.807, 2.05) is 79.0 Å². The molecule has 7 aromatic rings. The number of aliphatic imine (C=N–C) groups is 1. The van der Waals surface area contributed by atoms with E-state index in [-0.39, 0.29) is 5.75 Å². The highest BCUT2D eigenvalue weighted by Crippen LogP contribution is 2.54. The zero-order valence-electron chi connectivity index (χ0n) is 25.3. The maximum atomic E-state index is 11.5. The second-order valence-corrected chi connectivity index (χ2v) is 14.5. The Labute approximate surface area is 271 Å². The first kappa shape index (κ1) is 29.2. The number of phenolic OH excluding ortho intramolecular Hbond substituents is 1. The predicted molar refractivity (Wildman–Crippen MR) is 197 cm³/mol. The molecule has 2 nitrogen and oxygen atoms in total. The van der Waals surface area contributed by atoms with Crippen LogP contribution in [0.3, 0.4) is 0 Å². The molecule has 3 heteroatoms. The fourth-order valence-electron chi connectivity index (χ4n) is 6.23. The van der Waals surface area contributed by atoms with Crippen molar-refractivity contribution in [2.24, 2.45) is 4.99 Å². The van der Waals surface area contributed by atoms with Crippen LogP contribution in [0.4, 0.5) is 5.69 Å². The summed E-state index contributed by atoms with van der Waals surface area (Å²) < 4.78 is 0. The summed E-state index contributed by atoms with van der Waals surface area (Å²) >= 11 is 0. The molecule has 46 heavy (non-hydrogen) atoms. The van der Waals surface area contributed by atoms with Gasteiger partial charge in [-0.05, 0) is 71.8 Å². The van der Waals surface area contributed by atoms with Crippen LogP contribution in [-0.4, -0.2) is 11.3 Å². The molecule has 0 aromatic heterocycles. The van der Waals surface area contributed by atoms with E-state index in [0.29, 0.717) is 0 Å². The van der Waals surface area contributed by atoms with Crippen LogP contribution in [0.5, 0.6) is 5.75 Å². The molecule has 0 heterocycles. The molecule has 7 aromatic carbocycles. The Balaban J connectivity index is 1.44. The molecule has 0 spiro atoms. The van der Waals surface area contributed by atoms with E-state index < -0.39 is 7.26 Å². The molecule has 0 bridgehead atoms. The molecular weight excluding hydrogens is 577 g/mol. The summed E-state index contributed by atoms with van der Waals surface area (Å²) in [5, 5.41) is 16.6. The van der Waals surface area contributed by atoms with Gasteiger partial charge in [-0.25, -0.2) is 0 Å². The first-order chi connectivity index (χ1) is 22.7. The number of rotatable bonds is 8. The highest BCUT2D eigenvalue weighted by Gasteiger charge is 2.48. The van der Waals surface area contributed by atoms with E-state index in [2.05, 4.69) is 115 Å². The second kappa shape index (κ2) is 13.2. The zero-order chi connectivity index (χ0) is 31.2. The molecule has 0 radical (unpaired) electrons. The van der Waals surface area contributed by atoms with Crippen LogP contribution in [0, 0.1) is 0 Å². The molecule has 0 amide bonds. The third kappa shape index (κ3) is 5.56. The van der Waals surface area contributed by atoms with Crippen molar-refractivity contribution in [1.82, 2.24) is 0 Å². The van der Waals surface area contributed by atoms with Crippen molar-refractivity contribution in [3.05, 3.63) is 194 Å². The molecule has 1 N–H and O–H groups in total. The molecule has 0 unspecified atom stereocenters. The average molecular weight is 611 g/mol. The molecule has 220 valence electrons. The van der Waals surface area contributed by atoms with E-state index in [1.54, 1.807) is 0 Å². The van der Waals surface area contributed by atoms with Crippen LogP contribution < -0.4 is 21.2 Å². The van der Waals surface area contributed by atoms with E-state index in [9.17, 15) is 5.11 Å². The van der Waals surface area contributed by atoms with Gasteiger partial charge in [0.1, 0.15) is 34.2 Å². The molecule has 0 aliphatic rings. The zero-order valence-corrected chi connectivity index (χ0v) is 26.2. The Hall–Kier alpha value is -5.56. The lowest BCUT2D eigenvalue weighted by atomic mass is 9.96. The average Bonchev–Trinajstić information content (AvgIpc) is 3.14. The van der Waals surface area contributed by atoms with Gasteiger partial charge in [0.05, 0.1) is 5.69 Å². The minimum absolute atomic E-state index is 0.249. The Kier molecular flexibility index (Phi) is 8.37. The second-order valence-electron chi connectivity index (χ2n) is 11.1. The van der Waals surface area contributed by atoms with Gasteiger partial charge in [0, 0.05) is 22.9 Å². The van der Waals surface area contributed by atoms with Gasteiger partial charge in [0.25, 0.3) is 0 Å². The minimum atomic E-state index is -2.32. The fourth-order valence-corrected chi connectivity index (χ4v) is 10.7. The standard InChI is InChI=1S/C43H32NOP/c45-43-40(33-18-6-1-7-19-33)30-36(31-41(43)34-20-8-2-9-21-34)44-32-35-22-16-17-29-42(35)46(37-23-10-3-11-24-37,38-25-12-4-13-26-38)39-27-14-5-15-28-39/h1-32H/p+1. The highest BCUT2D eigenvalue weighted by molar-refractivity contribution is 8.01. The smallest absolute Gasteiger partial charge is 0.145 e. The van der Waals surface area contributed by atoms with Gasteiger partial charge in [0.15, 0.2) is 0 Å². The summed E-state index contributed by atoms with van der Waals surface area (Å²) in [6.07, 6.45) is 1.99. The van der Waals surface area contributed by atoms with Crippen LogP contribution in [-0.2, 0) is 0 Å². The van der Waals surface area contributed by atoms with Gasteiger partial charge in [-0.3, -0.25) is 4.99 Å². The van der Waals surface area contributed by atoms with E-state index in [4.69, 9.17) is 4.99 Å². The van der Waals surface area contributed by atoms with Gasteiger partial charge in [0.2, 0.25) is 0 Å². The molecule has 7 rings (SSSR count). The quantitative estimate of drug-likeness (QED) is 0.135. The molecule has 0 aliphatic carbocycles. The summed E-state index contributed by atoms with van der Waals surface area (Å²) in [6.45, 7) is 0. The number of hydrogen-bond acceptors (Lipinski definition) is 2. The van der Waals surface area contributed by atoms with Gasteiger partial charge < -0.3 is 5.11 Å². The summed E-state index contributed by atoms with van der Waals surface area (Å²) in [4.78, 5) is 5.13. The van der Waals surface area contributed by atoms with Crippen LogP contribution >= 0.6 is 7.26 Å². The fraction of sp³-hybridized carbons (Fsp3) is 0. The van der Waals surface area contributed by atoms with Crippen molar-refractivity contribution in [2.45, 2.75) is 0 Å². The molecule has 0 fully saturated rings. The molecule has 0 aliphatic heterocycles. The summed E-state index contributed by atoms with van der Waals surface area (Å²) in [5.41, 5.74) is 5.22. The lowest BCUT2D eigenvalue weighted by Gasteiger charge is -2.28. The highest BCUT2D eigenvalue weighted by atomic mass is 31.2. The largest absolute Gasteiger partial charge is 0.507 e. The van der Waals surface area contributed by atoms with Gasteiger partial charge in [-0.1, -0.05) is 127 Å². The van der Waals surface area contributed by atoms with Gasteiger partial charge >= 0.3 is 0 Å². The SMILES string of the molecule is Oc1c(-c2ccccc2)cc(N=Cc2ccccc2[P+](c2ccccc2)(c2ccccc2)c2ccccc2)cc1-c1ccccc1. The molecular formula is C43H33NOP+. The van der Waals surface area contributed by atoms with Gasteiger partial charge in [-0.2, -0.15) is 0 Å². The lowest BCUT2D eigenvalue weighted by Crippen LogP contribution is -2.40. The molecule has 0 atom stereocenters. The summed E-state index contributed by atoms with van der Waals surface area (Å²) in [7, 11) is -2.32. The summed E-state index contributed by atoms with van der Waals surface area (Å²) in [6, 6.07) is 65.3. The number of hydrogen-bond donors (Lipinski definition) is 1. The first-order valence-electron chi connectivity index (χ1n) is 15.4. The normalized spacial score (nSPS) is 11.5. The Morgan fingerprint density at radius 2 is 0.804 bits per heavy atom. The van der Waals surface area contributed by atoms with E-state index in [1.165, 1.54) is 21.2 Å². The van der Waals surface area contributed by atoms with E-state index >= 15 is 0 Å². The Bertz CT molecular complexity index is 1920. The number of phenols is 1. The van der Waals surface area contributed by atoms with Crippen LogP contribution in [0.25, 0.3) is 22.3 Å². The number of aromatic hydroxyl groups is 1. The minimum Gasteiger partial charge on any atom is -0.507 e. The first-order valence-corrected chi connectivity index (χ1v) is 17.2. The van der Waals surface area contributed by atoms with Crippen molar-refractivity contribution >= 4 is 40.4 Å². The predicted octanol–water partition coefficient (Wildman–Crippen LogP) is 9.10. The van der Waals surface area contributed by atoms with Gasteiger partial charge in [-0.15, -0.1) is 0 Å². The number of benzene rings is 7. The molecule has 0 saturated carbocycles. The monoisotopic (exact) mass is 610 g/mol. The third-order valence-corrected chi connectivity index (χ3v) is 12.7. The summed E-state index contributed by atoms with van der Waals surface area (Å²) in [5.74, 6) is 0.249. The van der Waals surface area contributed by atoms with Crippen molar-refractivity contribution in [2.75, 3.05) is 0 Å². The molecule has 0 saturated heterocycles. The van der Waals surface area contributed by atoms with Crippen LogP contribution in [0.15, 0.2) is 193 Å². The lowest BCUT2D eigenvalue weighted by molar-refractivity contribution is 0.479. The van der Waals surface area contributed by atoms with Crippen LogP contribution in [0.1, 0.15) is 5.56 Å². The Morgan fingerprint density at radius 3 is 1.24 bits per heavy atom. The maximum absolute atomic E-state index is 11.5. The van der Waals surface area contributed by atoms with Crippen molar-refractivity contribution in [3.8, 4) is 28.0 Å². The van der Waals surface area contributed by atoms with Crippen molar-refractivity contribution < 1.29 is 5.11 Å². The third-order valence-electron chi connectivity index (χ3n) is 8.35. The topological polar surface area (TPSA) is 32.6 Å². The van der Waals surface area contributed by atoms with E-state index in [0.717, 1.165) is 33.5 Å². The van der Waals surface area contributed by atoms with Crippen molar-refractivity contribution in [1.29, 1.82) is 0 Å². The maximum Gasteiger partial charge on any atom is 0.145 e. The van der Waals surface area contributed by atoms with Crippen LogP contribution in [0.2, 0.25) is 0 Å².